The average molecular weight is 1040 g/mol. The van der Waals surface area contributed by atoms with Crippen molar-refractivity contribution in [2.75, 3.05) is 19.0 Å². The zero-order valence-corrected chi connectivity index (χ0v) is 43.5. The van der Waals surface area contributed by atoms with E-state index in [1.807, 2.05) is 237 Å². The fourth-order valence-electron chi connectivity index (χ4n) is 11.9. The van der Waals surface area contributed by atoms with Crippen LogP contribution in [0.5, 0.6) is 5.88 Å². The number of aromatic nitrogens is 4. The van der Waals surface area contributed by atoms with Gasteiger partial charge in [-0.15, -0.1) is 0 Å². The normalized spacial score (nSPS) is 17.6. The lowest BCUT2D eigenvalue weighted by Gasteiger charge is -2.43. The van der Waals surface area contributed by atoms with Crippen LogP contribution in [0, 0.1) is 0 Å². The maximum Gasteiger partial charge on any atom is 0.246 e. The number of hydrogen-bond donors (Lipinski definition) is 2. The van der Waals surface area contributed by atoms with Crippen molar-refractivity contribution in [2.24, 2.45) is 0 Å². The van der Waals surface area contributed by atoms with Gasteiger partial charge in [-0.3, -0.25) is 0 Å². The van der Waals surface area contributed by atoms with Crippen molar-refractivity contribution in [3.8, 4) is 5.88 Å². The largest absolute Gasteiger partial charge is 0.479 e. The first-order chi connectivity index (χ1) is 38.9. The van der Waals surface area contributed by atoms with Gasteiger partial charge < -0.3 is 29.2 Å². The third-order valence-corrected chi connectivity index (χ3v) is 15.5. The van der Waals surface area contributed by atoms with E-state index in [-0.39, 0.29) is 24.9 Å². The molecule has 2 aromatic heterocycles. The summed E-state index contributed by atoms with van der Waals surface area (Å²) < 4.78 is 42.1. The first-order valence-corrected chi connectivity index (χ1v) is 26.6. The molecule has 390 valence electrons. The smallest absolute Gasteiger partial charge is 0.246 e. The Morgan fingerprint density at radius 1 is 0.506 bits per heavy atom. The van der Waals surface area contributed by atoms with E-state index in [1.54, 1.807) is 10.9 Å². The molecule has 2 N–H and O–H groups in total. The first kappa shape index (κ1) is 50.7. The highest BCUT2D eigenvalue weighted by molar-refractivity contribution is 5.78. The van der Waals surface area contributed by atoms with Crippen LogP contribution in [0.1, 0.15) is 62.5 Å². The maximum atomic E-state index is 19.2. The average Bonchev–Trinajstić information content (AvgIpc) is 4.27. The number of anilines is 1. The van der Waals surface area contributed by atoms with Gasteiger partial charge in [-0.1, -0.05) is 273 Å². The highest BCUT2D eigenvalue weighted by atomic mass is 19.1. The maximum absolute atomic E-state index is 19.2. The summed E-state index contributed by atoms with van der Waals surface area (Å²) in [7, 11) is 1.53. The number of nitrogens with zero attached hydrogens (tertiary/aromatic N) is 4. The number of aliphatic hydroxyl groups is 1. The Labute approximate surface area is 459 Å². The van der Waals surface area contributed by atoms with E-state index in [0.29, 0.717) is 11.2 Å². The number of halogens is 1. The number of imidazole rings is 1. The summed E-state index contributed by atoms with van der Waals surface area (Å²) >= 11 is 0. The van der Waals surface area contributed by atoms with Crippen LogP contribution in [0.25, 0.3) is 11.2 Å². The van der Waals surface area contributed by atoms with Crippen LogP contribution in [-0.4, -0.2) is 56.2 Å². The number of fused-ring (bicyclic) bond motifs is 1. The number of ether oxygens (including phenoxy) is 3. The molecule has 1 saturated carbocycles. The highest BCUT2D eigenvalue weighted by Gasteiger charge is 2.60. The van der Waals surface area contributed by atoms with Crippen LogP contribution in [0.2, 0.25) is 0 Å². The van der Waals surface area contributed by atoms with Crippen LogP contribution in [0.4, 0.5) is 10.3 Å². The lowest BCUT2D eigenvalue weighted by molar-refractivity contribution is -0.186. The topological polar surface area (TPSA) is 104 Å². The van der Waals surface area contributed by atoms with Crippen molar-refractivity contribution in [3.63, 3.8) is 0 Å². The molecule has 1 aliphatic rings. The summed E-state index contributed by atoms with van der Waals surface area (Å²) in [6.45, 7) is -0.368. The summed E-state index contributed by atoms with van der Waals surface area (Å²) in [5.41, 5.74) is 2.39. The van der Waals surface area contributed by atoms with Gasteiger partial charge in [0.25, 0.3) is 0 Å². The van der Waals surface area contributed by atoms with Gasteiger partial charge in [0.15, 0.2) is 11.2 Å². The molecule has 79 heavy (non-hydrogen) atoms. The van der Waals surface area contributed by atoms with Crippen LogP contribution < -0.4 is 10.1 Å². The molecule has 0 unspecified atom stereocenters. The molecule has 0 spiro atoms. The van der Waals surface area contributed by atoms with Crippen molar-refractivity contribution < 1.29 is 23.7 Å². The molecular weight excluding hydrogens is 982 g/mol. The summed E-state index contributed by atoms with van der Waals surface area (Å²) in [6.07, 6.45) is -2.05. The van der Waals surface area contributed by atoms with E-state index < -0.39 is 40.7 Å². The van der Waals surface area contributed by atoms with Crippen molar-refractivity contribution in [1.29, 1.82) is 0 Å². The van der Waals surface area contributed by atoms with E-state index in [9.17, 15) is 5.11 Å². The molecule has 1 fully saturated rings. The molecule has 0 aliphatic heterocycles. The van der Waals surface area contributed by atoms with Crippen molar-refractivity contribution in [1.82, 2.24) is 19.5 Å². The van der Waals surface area contributed by atoms with Crippen molar-refractivity contribution in [2.45, 2.75) is 47.1 Å². The fraction of sp³-hybridized carbons (Fsp3) is 0.145. The zero-order chi connectivity index (χ0) is 53.7. The van der Waals surface area contributed by atoms with Crippen LogP contribution in [-0.2, 0) is 26.2 Å². The molecule has 4 atom stereocenters. The van der Waals surface area contributed by atoms with Gasteiger partial charge in [0, 0.05) is 6.42 Å². The van der Waals surface area contributed by atoms with E-state index in [0.717, 1.165) is 50.1 Å². The molecule has 9 aromatic carbocycles. The standard InChI is InChI=1S/C69H58FN5O4/c1-77-64-61-63(72-65(73-64)74-67(50-29-11-2-12-30-50,51-31-13-3-14-32-51)52-33-15-4-16-34-52)75(49-71-61)59-47-66(76,48-78-68(53-35-17-5-18-36-53,54-37-19-6-20-38-54)55-39-21-7-22-40-55)62(60(59)70)79-69(56-41-23-8-24-42-56,57-43-25-9-26-44-57)58-45-27-10-28-46-58/h2-46,49,59-60,62,76H,47-48H2,1H3,(H,72,73,74)/t59-,60-,62+,66-/m1/s1. The number of nitrogens with one attached hydrogen (secondary N) is 1. The second-order valence-corrected chi connectivity index (χ2v) is 20.1. The number of rotatable bonds is 18. The third-order valence-electron chi connectivity index (χ3n) is 15.5. The molecule has 0 amide bonds. The molecule has 11 aromatic rings. The minimum Gasteiger partial charge on any atom is -0.479 e. The zero-order valence-electron chi connectivity index (χ0n) is 43.5. The number of benzene rings is 9. The second-order valence-electron chi connectivity index (χ2n) is 20.1. The molecule has 0 saturated heterocycles. The molecule has 0 radical (unpaired) electrons. The van der Waals surface area contributed by atoms with Gasteiger partial charge in [0.1, 0.15) is 34.6 Å². The van der Waals surface area contributed by atoms with E-state index >= 15 is 4.39 Å². The highest BCUT2D eigenvalue weighted by Crippen LogP contribution is 2.52. The Hall–Kier alpha value is -9.06. The minimum atomic E-state index is -2.03. The molecule has 2 heterocycles. The lowest BCUT2D eigenvalue weighted by Crippen LogP contribution is -2.52. The number of alkyl halides is 1. The Balaban J connectivity index is 1.04. The monoisotopic (exact) mass is 1040 g/mol. The van der Waals surface area contributed by atoms with Gasteiger partial charge in [-0.05, 0) is 50.1 Å². The Kier molecular flexibility index (Phi) is 14.0. The Bertz CT molecular complexity index is 3450. The predicted molar refractivity (Wildman–Crippen MR) is 307 cm³/mol. The van der Waals surface area contributed by atoms with Crippen molar-refractivity contribution in [3.05, 3.63) is 329 Å². The molecule has 12 rings (SSSR count). The fourth-order valence-corrected chi connectivity index (χ4v) is 11.9. The molecule has 10 heteroatoms. The molecule has 9 nitrogen and oxygen atoms in total. The summed E-state index contributed by atoms with van der Waals surface area (Å²) in [6, 6.07) is 88.7. The number of hydrogen-bond acceptors (Lipinski definition) is 8. The van der Waals surface area contributed by atoms with Crippen LogP contribution in [0.3, 0.4) is 0 Å². The van der Waals surface area contributed by atoms with E-state index in [1.165, 1.54) is 7.11 Å². The van der Waals surface area contributed by atoms with E-state index in [2.05, 4.69) is 41.7 Å². The van der Waals surface area contributed by atoms with E-state index in [4.69, 9.17) is 29.2 Å². The van der Waals surface area contributed by atoms with Gasteiger partial charge in [0.2, 0.25) is 11.8 Å². The SMILES string of the molecule is COc1nc(NC(c2ccccc2)(c2ccccc2)c2ccccc2)nc2c1ncn2[C@@H]1C[C@@](O)(COC(c2ccccc2)(c2ccccc2)c2ccccc2)[C@@H](OC(c2ccccc2)(c2ccccc2)c2ccccc2)[C@@H]1F. The summed E-state index contributed by atoms with van der Waals surface area (Å²) in [4.78, 5) is 15.1. The molecule has 1 aliphatic carbocycles. The number of methoxy groups -OCH3 is 1. The van der Waals surface area contributed by atoms with Gasteiger partial charge in [-0.25, -0.2) is 9.37 Å². The molecular formula is C69H58FN5O4. The quantitative estimate of drug-likeness (QED) is 0.0819. The first-order valence-electron chi connectivity index (χ1n) is 26.6. The summed E-state index contributed by atoms with van der Waals surface area (Å²) in [5.74, 6) is 0.390. The Morgan fingerprint density at radius 2 is 0.848 bits per heavy atom. The lowest BCUT2D eigenvalue weighted by atomic mass is 9.77. The van der Waals surface area contributed by atoms with Crippen molar-refractivity contribution >= 4 is 17.1 Å². The summed E-state index contributed by atoms with van der Waals surface area (Å²) in [5, 5.41) is 17.9. The third kappa shape index (κ3) is 9.13. The minimum absolute atomic E-state index is 0.176. The van der Waals surface area contributed by atoms with Gasteiger partial charge in [0.05, 0.1) is 26.1 Å². The van der Waals surface area contributed by atoms with Gasteiger partial charge >= 0.3 is 0 Å². The Morgan fingerprint density at radius 3 is 1.20 bits per heavy atom. The van der Waals surface area contributed by atoms with Crippen LogP contribution in [0.15, 0.2) is 279 Å². The molecule has 0 bridgehead atoms. The van der Waals surface area contributed by atoms with Gasteiger partial charge in [-0.2, -0.15) is 9.97 Å². The predicted octanol–water partition coefficient (Wildman–Crippen LogP) is 13.6. The van der Waals surface area contributed by atoms with Crippen LogP contribution >= 0.6 is 0 Å². The second kappa shape index (κ2) is 21.8.